The number of benzene rings is 1. The molecule has 0 atom stereocenters. The zero-order valence-corrected chi connectivity index (χ0v) is 15.9. The molecule has 0 aliphatic heterocycles. The van der Waals surface area contributed by atoms with Crippen molar-refractivity contribution in [3.63, 3.8) is 0 Å². The molecule has 2 aromatic heterocycles. The highest BCUT2D eigenvalue weighted by Crippen LogP contribution is 2.40. The average Bonchev–Trinajstić information content (AvgIpc) is 3.49. The van der Waals surface area contributed by atoms with Gasteiger partial charge in [-0.25, -0.2) is 4.98 Å². The lowest BCUT2D eigenvalue weighted by Gasteiger charge is -2.09. The molecule has 0 spiro atoms. The minimum Gasteiger partial charge on any atom is -0.352 e. The topological polar surface area (TPSA) is 97.1 Å². The Morgan fingerprint density at radius 3 is 2.57 bits per heavy atom. The molecule has 1 saturated carbocycles. The Labute approximate surface area is 162 Å². The Balaban J connectivity index is 1.51. The maximum atomic E-state index is 12.9. The Bertz CT molecular complexity index is 1040. The summed E-state index contributed by atoms with van der Waals surface area (Å²) in [4.78, 5) is 29.2. The molecule has 0 radical (unpaired) electrons. The van der Waals surface area contributed by atoms with Crippen LogP contribution >= 0.6 is 0 Å². The SMILES string of the molecule is CCNC(=O)c1ccc(CNC(=O)c2cc(C3CC3)nc3onc(C)c23)cc1. The number of rotatable bonds is 6. The molecule has 0 saturated heterocycles. The zero-order valence-electron chi connectivity index (χ0n) is 15.9. The molecule has 144 valence electrons. The van der Waals surface area contributed by atoms with E-state index in [0.717, 1.165) is 24.1 Å². The van der Waals surface area contributed by atoms with Gasteiger partial charge in [-0.15, -0.1) is 0 Å². The molecule has 1 aliphatic carbocycles. The number of carbonyl (C=O) groups is 2. The quantitative estimate of drug-likeness (QED) is 0.687. The third-order valence-electron chi connectivity index (χ3n) is 4.88. The van der Waals surface area contributed by atoms with Gasteiger partial charge >= 0.3 is 0 Å². The van der Waals surface area contributed by atoms with Gasteiger partial charge in [-0.3, -0.25) is 9.59 Å². The fourth-order valence-electron chi connectivity index (χ4n) is 3.20. The molecule has 2 N–H and O–H groups in total. The van der Waals surface area contributed by atoms with Crippen LogP contribution in [0.25, 0.3) is 11.1 Å². The first-order valence-corrected chi connectivity index (χ1v) is 9.49. The fraction of sp³-hybridized carbons (Fsp3) is 0.333. The van der Waals surface area contributed by atoms with Gasteiger partial charge in [0, 0.05) is 30.3 Å². The maximum absolute atomic E-state index is 12.9. The largest absolute Gasteiger partial charge is 0.352 e. The van der Waals surface area contributed by atoms with Crippen LogP contribution in [0.15, 0.2) is 34.9 Å². The van der Waals surface area contributed by atoms with Crippen LogP contribution in [0.4, 0.5) is 0 Å². The first-order chi connectivity index (χ1) is 13.6. The number of hydrogen-bond donors (Lipinski definition) is 2. The Kier molecular flexibility index (Phi) is 4.81. The van der Waals surface area contributed by atoms with Gasteiger partial charge in [0.2, 0.25) is 0 Å². The molecule has 28 heavy (non-hydrogen) atoms. The van der Waals surface area contributed by atoms with Gasteiger partial charge in [-0.1, -0.05) is 17.3 Å². The number of pyridine rings is 1. The Morgan fingerprint density at radius 1 is 1.14 bits per heavy atom. The molecule has 7 heteroatoms. The smallest absolute Gasteiger partial charge is 0.259 e. The lowest BCUT2D eigenvalue weighted by atomic mass is 10.1. The number of carbonyl (C=O) groups excluding carboxylic acids is 2. The van der Waals surface area contributed by atoms with Gasteiger partial charge in [-0.05, 0) is 50.5 Å². The number of fused-ring (bicyclic) bond motifs is 1. The predicted octanol–water partition coefficient (Wildman–Crippen LogP) is 3.09. The van der Waals surface area contributed by atoms with Gasteiger partial charge in [0.1, 0.15) is 0 Å². The molecule has 1 aromatic carbocycles. The van der Waals surface area contributed by atoms with Gasteiger partial charge in [0.15, 0.2) is 0 Å². The average molecular weight is 378 g/mol. The Hall–Kier alpha value is -3.22. The second-order valence-corrected chi connectivity index (χ2v) is 7.06. The van der Waals surface area contributed by atoms with Crippen molar-refractivity contribution >= 4 is 22.9 Å². The van der Waals surface area contributed by atoms with Gasteiger partial charge in [0.25, 0.3) is 17.5 Å². The minimum absolute atomic E-state index is 0.104. The molecule has 7 nitrogen and oxygen atoms in total. The highest BCUT2D eigenvalue weighted by atomic mass is 16.5. The molecule has 2 amide bonds. The van der Waals surface area contributed by atoms with Crippen molar-refractivity contribution in [2.45, 2.75) is 39.2 Å². The van der Waals surface area contributed by atoms with Crippen molar-refractivity contribution in [3.05, 3.63) is 58.4 Å². The summed E-state index contributed by atoms with van der Waals surface area (Å²) in [6.07, 6.45) is 2.18. The second-order valence-electron chi connectivity index (χ2n) is 7.06. The molecule has 4 rings (SSSR count). The summed E-state index contributed by atoms with van der Waals surface area (Å²) in [7, 11) is 0. The number of aromatic nitrogens is 2. The highest BCUT2D eigenvalue weighted by Gasteiger charge is 2.28. The lowest BCUT2D eigenvalue weighted by Crippen LogP contribution is -2.24. The first-order valence-electron chi connectivity index (χ1n) is 9.49. The van der Waals surface area contributed by atoms with E-state index in [-0.39, 0.29) is 11.8 Å². The molecule has 0 unspecified atom stereocenters. The number of nitrogens with zero attached hydrogens (tertiary/aromatic N) is 2. The summed E-state index contributed by atoms with van der Waals surface area (Å²) in [5.41, 5.74) is 4.02. The number of aryl methyl sites for hydroxylation is 1. The lowest BCUT2D eigenvalue weighted by molar-refractivity contribution is 0.0944. The van der Waals surface area contributed by atoms with Crippen LogP contribution in [-0.4, -0.2) is 28.5 Å². The van der Waals surface area contributed by atoms with E-state index in [1.165, 1.54) is 0 Å². The van der Waals surface area contributed by atoms with Gasteiger partial charge < -0.3 is 15.2 Å². The van der Waals surface area contributed by atoms with E-state index >= 15 is 0 Å². The number of amides is 2. The zero-order chi connectivity index (χ0) is 19.7. The minimum atomic E-state index is -0.187. The molecule has 0 bridgehead atoms. The molecule has 3 aromatic rings. The third kappa shape index (κ3) is 3.60. The number of hydrogen-bond acceptors (Lipinski definition) is 5. The van der Waals surface area contributed by atoms with Crippen LogP contribution < -0.4 is 10.6 Å². The maximum Gasteiger partial charge on any atom is 0.259 e. The van der Waals surface area contributed by atoms with Crippen molar-refractivity contribution < 1.29 is 14.1 Å². The molecular weight excluding hydrogens is 356 g/mol. The summed E-state index contributed by atoms with van der Waals surface area (Å²) in [6.45, 7) is 4.63. The normalized spacial score (nSPS) is 13.5. The molecule has 2 heterocycles. The van der Waals surface area contributed by atoms with Crippen LogP contribution in [0.5, 0.6) is 0 Å². The van der Waals surface area contributed by atoms with E-state index in [0.29, 0.717) is 46.9 Å². The van der Waals surface area contributed by atoms with Gasteiger partial charge in [-0.2, -0.15) is 0 Å². The van der Waals surface area contributed by atoms with Crippen molar-refractivity contribution in [1.29, 1.82) is 0 Å². The van der Waals surface area contributed by atoms with Crippen LogP contribution in [0.3, 0.4) is 0 Å². The number of nitrogens with one attached hydrogen (secondary N) is 2. The standard InChI is InChI=1S/C21H22N4O3/c1-3-22-19(26)15-6-4-13(5-7-15)11-23-20(27)16-10-17(14-8-9-14)24-21-18(16)12(2)25-28-21/h4-7,10,14H,3,8-9,11H2,1-2H3,(H,22,26)(H,23,27). The van der Waals surface area contributed by atoms with E-state index in [4.69, 9.17) is 4.52 Å². The second kappa shape index (κ2) is 7.42. The Morgan fingerprint density at radius 2 is 1.89 bits per heavy atom. The van der Waals surface area contributed by atoms with Crippen molar-refractivity contribution in [2.24, 2.45) is 0 Å². The van der Waals surface area contributed by atoms with Crippen molar-refractivity contribution in [2.75, 3.05) is 6.54 Å². The first kappa shape index (κ1) is 18.2. The highest BCUT2D eigenvalue weighted by molar-refractivity contribution is 6.06. The molecule has 1 aliphatic rings. The predicted molar refractivity (Wildman–Crippen MR) is 104 cm³/mol. The van der Waals surface area contributed by atoms with Crippen LogP contribution in [0, 0.1) is 6.92 Å². The van der Waals surface area contributed by atoms with Crippen LogP contribution in [0.2, 0.25) is 0 Å². The van der Waals surface area contributed by atoms with Crippen molar-refractivity contribution in [1.82, 2.24) is 20.8 Å². The molecule has 1 fully saturated rings. The molecular formula is C21H22N4O3. The van der Waals surface area contributed by atoms with E-state index in [1.54, 1.807) is 19.1 Å². The van der Waals surface area contributed by atoms with Crippen molar-refractivity contribution in [3.8, 4) is 0 Å². The summed E-state index contributed by atoms with van der Waals surface area (Å²) in [5.74, 6) is 0.115. The monoisotopic (exact) mass is 378 g/mol. The van der Waals surface area contributed by atoms with E-state index in [2.05, 4.69) is 20.8 Å². The van der Waals surface area contributed by atoms with E-state index < -0.39 is 0 Å². The fourth-order valence-corrected chi connectivity index (χ4v) is 3.20. The summed E-state index contributed by atoms with van der Waals surface area (Å²) in [5, 5.41) is 10.3. The van der Waals surface area contributed by atoms with Crippen LogP contribution in [-0.2, 0) is 6.54 Å². The van der Waals surface area contributed by atoms with Gasteiger partial charge in [0.05, 0.1) is 16.6 Å². The summed E-state index contributed by atoms with van der Waals surface area (Å²) in [6, 6.07) is 9.05. The van der Waals surface area contributed by atoms with Crippen LogP contribution in [0.1, 0.15) is 63.4 Å². The van der Waals surface area contributed by atoms with E-state index in [1.807, 2.05) is 25.1 Å². The van der Waals surface area contributed by atoms with E-state index in [9.17, 15) is 9.59 Å². The summed E-state index contributed by atoms with van der Waals surface area (Å²) >= 11 is 0. The third-order valence-corrected chi connectivity index (χ3v) is 4.88. The summed E-state index contributed by atoms with van der Waals surface area (Å²) < 4.78 is 5.30.